The van der Waals surface area contributed by atoms with Gasteiger partial charge in [-0.15, -0.1) is 0 Å². The molecular formula is C18H16ClN5. The molecule has 0 saturated heterocycles. The molecule has 1 saturated carbocycles. The molecule has 1 aliphatic carbocycles. The summed E-state index contributed by atoms with van der Waals surface area (Å²) in [5.41, 5.74) is 2.47. The van der Waals surface area contributed by atoms with Crippen molar-refractivity contribution in [3.63, 3.8) is 0 Å². The zero-order valence-corrected chi connectivity index (χ0v) is 13.7. The molecule has 2 N–H and O–H groups in total. The lowest BCUT2D eigenvalue weighted by Gasteiger charge is -2.11. The molecule has 120 valence electrons. The van der Waals surface area contributed by atoms with Gasteiger partial charge in [0.1, 0.15) is 5.82 Å². The summed E-state index contributed by atoms with van der Waals surface area (Å²) in [6.45, 7) is 0. The number of nitrogens with zero attached hydrogens (tertiary/aromatic N) is 3. The predicted octanol–water partition coefficient (Wildman–Crippen LogP) is 4.51. The van der Waals surface area contributed by atoms with Crippen molar-refractivity contribution in [2.24, 2.45) is 0 Å². The zero-order valence-electron chi connectivity index (χ0n) is 12.9. The van der Waals surface area contributed by atoms with Crippen molar-refractivity contribution >= 4 is 29.1 Å². The molecular weight excluding hydrogens is 322 g/mol. The zero-order chi connectivity index (χ0) is 16.4. The summed E-state index contributed by atoms with van der Waals surface area (Å²) in [5, 5.41) is 7.31. The third kappa shape index (κ3) is 3.63. The molecule has 1 aromatic carbocycles. The van der Waals surface area contributed by atoms with Gasteiger partial charge < -0.3 is 10.6 Å². The number of rotatable bonds is 5. The van der Waals surface area contributed by atoms with Crippen LogP contribution in [0, 0.1) is 0 Å². The van der Waals surface area contributed by atoms with Crippen LogP contribution >= 0.6 is 11.6 Å². The SMILES string of the molecule is Clc1cccc(Nc2cc(-c3ccccn3)nc(NC3CC3)n2)c1. The Bertz CT molecular complexity index is 849. The van der Waals surface area contributed by atoms with E-state index in [0.29, 0.717) is 22.8 Å². The fourth-order valence-electron chi connectivity index (χ4n) is 2.35. The Morgan fingerprint density at radius 3 is 2.62 bits per heavy atom. The fourth-order valence-corrected chi connectivity index (χ4v) is 2.54. The van der Waals surface area contributed by atoms with Gasteiger partial charge in [-0.1, -0.05) is 23.7 Å². The van der Waals surface area contributed by atoms with Gasteiger partial charge in [0.15, 0.2) is 0 Å². The van der Waals surface area contributed by atoms with Crippen LogP contribution in [0.5, 0.6) is 0 Å². The Balaban J connectivity index is 1.69. The summed E-state index contributed by atoms with van der Waals surface area (Å²) in [4.78, 5) is 13.5. The first-order valence-corrected chi connectivity index (χ1v) is 8.24. The van der Waals surface area contributed by atoms with Crippen LogP contribution < -0.4 is 10.6 Å². The van der Waals surface area contributed by atoms with E-state index in [9.17, 15) is 0 Å². The molecule has 0 spiro atoms. The highest BCUT2D eigenvalue weighted by molar-refractivity contribution is 6.30. The van der Waals surface area contributed by atoms with Crippen molar-refractivity contribution in [3.05, 3.63) is 59.8 Å². The number of hydrogen-bond acceptors (Lipinski definition) is 5. The van der Waals surface area contributed by atoms with Crippen molar-refractivity contribution in [2.45, 2.75) is 18.9 Å². The number of anilines is 3. The van der Waals surface area contributed by atoms with Gasteiger partial charge in [0, 0.05) is 29.0 Å². The molecule has 1 aliphatic rings. The molecule has 6 heteroatoms. The molecule has 0 aliphatic heterocycles. The normalized spacial score (nSPS) is 13.5. The summed E-state index contributed by atoms with van der Waals surface area (Å²) in [5.74, 6) is 1.32. The van der Waals surface area contributed by atoms with Crippen molar-refractivity contribution < 1.29 is 0 Å². The second-order valence-electron chi connectivity index (χ2n) is 5.73. The van der Waals surface area contributed by atoms with Crippen LogP contribution in [0.25, 0.3) is 11.4 Å². The van der Waals surface area contributed by atoms with Gasteiger partial charge in [0.2, 0.25) is 5.95 Å². The van der Waals surface area contributed by atoms with E-state index in [2.05, 4.69) is 25.6 Å². The van der Waals surface area contributed by atoms with Gasteiger partial charge in [0.25, 0.3) is 0 Å². The van der Waals surface area contributed by atoms with Crippen molar-refractivity contribution in [3.8, 4) is 11.4 Å². The smallest absolute Gasteiger partial charge is 0.225 e. The van der Waals surface area contributed by atoms with Gasteiger partial charge in [-0.3, -0.25) is 4.98 Å². The molecule has 0 bridgehead atoms. The number of nitrogens with one attached hydrogen (secondary N) is 2. The highest BCUT2D eigenvalue weighted by Gasteiger charge is 2.22. The van der Waals surface area contributed by atoms with E-state index in [1.807, 2.05) is 48.5 Å². The van der Waals surface area contributed by atoms with Crippen molar-refractivity contribution in [1.29, 1.82) is 0 Å². The first-order valence-electron chi connectivity index (χ1n) is 7.86. The highest BCUT2D eigenvalue weighted by Crippen LogP contribution is 2.27. The molecule has 3 aromatic rings. The minimum Gasteiger partial charge on any atom is -0.351 e. The van der Waals surface area contributed by atoms with Crippen LogP contribution in [0.2, 0.25) is 5.02 Å². The molecule has 24 heavy (non-hydrogen) atoms. The van der Waals surface area contributed by atoms with Crippen LogP contribution in [0.1, 0.15) is 12.8 Å². The molecule has 0 unspecified atom stereocenters. The Hall–Kier alpha value is -2.66. The molecule has 0 amide bonds. The van der Waals surface area contributed by atoms with E-state index in [-0.39, 0.29) is 0 Å². The highest BCUT2D eigenvalue weighted by atomic mass is 35.5. The lowest BCUT2D eigenvalue weighted by Crippen LogP contribution is -2.08. The van der Waals surface area contributed by atoms with Crippen LogP contribution in [-0.2, 0) is 0 Å². The van der Waals surface area contributed by atoms with Gasteiger partial charge in [-0.25, -0.2) is 4.98 Å². The Morgan fingerprint density at radius 2 is 1.88 bits per heavy atom. The number of hydrogen-bond donors (Lipinski definition) is 2. The summed E-state index contributed by atoms with van der Waals surface area (Å²) < 4.78 is 0. The van der Waals surface area contributed by atoms with E-state index < -0.39 is 0 Å². The maximum Gasteiger partial charge on any atom is 0.225 e. The molecule has 1 fully saturated rings. The molecule has 2 aromatic heterocycles. The Labute approximate surface area is 145 Å². The average molecular weight is 338 g/mol. The van der Waals surface area contributed by atoms with E-state index in [1.165, 1.54) is 0 Å². The first kappa shape index (κ1) is 14.9. The quantitative estimate of drug-likeness (QED) is 0.717. The maximum atomic E-state index is 6.05. The van der Waals surface area contributed by atoms with E-state index >= 15 is 0 Å². The summed E-state index contributed by atoms with van der Waals surface area (Å²) >= 11 is 6.05. The lowest BCUT2D eigenvalue weighted by atomic mass is 10.2. The van der Waals surface area contributed by atoms with Crippen LogP contribution in [0.15, 0.2) is 54.7 Å². The third-order valence-corrected chi connectivity index (χ3v) is 3.90. The number of halogens is 1. The van der Waals surface area contributed by atoms with Crippen LogP contribution in [0.3, 0.4) is 0 Å². The molecule has 2 heterocycles. The van der Waals surface area contributed by atoms with Crippen molar-refractivity contribution in [2.75, 3.05) is 10.6 Å². The molecule has 4 rings (SSSR count). The third-order valence-electron chi connectivity index (χ3n) is 3.66. The Kier molecular flexibility index (Phi) is 4.01. The summed E-state index contributed by atoms with van der Waals surface area (Å²) in [7, 11) is 0. The second kappa shape index (κ2) is 6.45. The van der Waals surface area contributed by atoms with Gasteiger partial charge >= 0.3 is 0 Å². The molecule has 0 radical (unpaired) electrons. The van der Waals surface area contributed by atoms with Gasteiger partial charge in [-0.05, 0) is 43.2 Å². The van der Waals surface area contributed by atoms with Crippen molar-refractivity contribution in [1.82, 2.24) is 15.0 Å². The van der Waals surface area contributed by atoms with Crippen LogP contribution in [0.4, 0.5) is 17.5 Å². The number of pyridine rings is 1. The van der Waals surface area contributed by atoms with Gasteiger partial charge in [-0.2, -0.15) is 4.98 Å². The van der Waals surface area contributed by atoms with E-state index in [4.69, 9.17) is 11.6 Å². The lowest BCUT2D eigenvalue weighted by molar-refractivity contribution is 1.05. The van der Waals surface area contributed by atoms with Crippen LogP contribution in [-0.4, -0.2) is 21.0 Å². The average Bonchev–Trinajstić information content (AvgIpc) is 3.39. The monoisotopic (exact) mass is 337 g/mol. The number of aromatic nitrogens is 3. The standard InChI is InChI=1S/C18H16ClN5/c19-12-4-3-5-14(10-12)21-17-11-16(15-6-1-2-9-20-15)23-18(24-17)22-13-7-8-13/h1-6,9-11,13H,7-8H2,(H2,21,22,23,24). The number of benzene rings is 1. The van der Waals surface area contributed by atoms with Gasteiger partial charge in [0.05, 0.1) is 11.4 Å². The predicted molar refractivity (Wildman–Crippen MR) is 96.6 cm³/mol. The minimum atomic E-state index is 0.475. The van der Waals surface area contributed by atoms with E-state index in [0.717, 1.165) is 29.9 Å². The van der Waals surface area contributed by atoms with E-state index in [1.54, 1.807) is 6.20 Å². The largest absolute Gasteiger partial charge is 0.351 e. The first-order chi connectivity index (χ1) is 11.8. The Morgan fingerprint density at radius 1 is 0.958 bits per heavy atom. The minimum absolute atomic E-state index is 0.475. The molecule has 5 nitrogen and oxygen atoms in total. The fraction of sp³-hybridized carbons (Fsp3) is 0.167. The summed E-state index contributed by atoms with van der Waals surface area (Å²) in [6.07, 6.45) is 4.08. The summed E-state index contributed by atoms with van der Waals surface area (Å²) in [6, 6.07) is 15.7. The topological polar surface area (TPSA) is 62.7 Å². The maximum absolute atomic E-state index is 6.05. The molecule has 0 atom stereocenters. The second-order valence-corrected chi connectivity index (χ2v) is 6.17.